The Hall–Kier alpha value is -2.23. The van der Waals surface area contributed by atoms with E-state index < -0.39 is 0 Å². The first-order valence-corrected chi connectivity index (χ1v) is 10.5. The van der Waals surface area contributed by atoms with Crippen LogP contribution in [0.2, 0.25) is 0 Å². The lowest BCUT2D eigenvalue weighted by atomic mass is 10.2. The summed E-state index contributed by atoms with van der Waals surface area (Å²) in [5.74, 6) is 3.34. The Morgan fingerprint density at radius 1 is 1.13 bits per heavy atom. The van der Waals surface area contributed by atoms with E-state index in [2.05, 4.69) is 20.6 Å². The third kappa shape index (κ3) is 7.45. The molecule has 1 aromatic heterocycles. The van der Waals surface area contributed by atoms with Crippen molar-refractivity contribution in [2.75, 3.05) is 33.2 Å². The van der Waals surface area contributed by atoms with E-state index in [4.69, 9.17) is 9.47 Å². The zero-order valence-electron chi connectivity index (χ0n) is 18.9. The highest BCUT2D eigenvalue weighted by molar-refractivity contribution is 14.0. The molecular formula is C23H34IN5O2. The van der Waals surface area contributed by atoms with Crippen molar-refractivity contribution < 1.29 is 9.47 Å². The van der Waals surface area contributed by atoms with Gasteiger partial charge in [0.15, 0.2) is 5.96 Å². The summed E-state index contributed by atoms with van der Waals surface area (Å²) in [4.78, 5) is 11.0. The molecule has 31 heavy (non-hydrogen) atoms. The molecule has 1 aromatic carbocycles. The van der Waals surface area contributed by atoms with Crippen molar-refractivity contribution in [3.63, 3.8) is 0 Å². The Morgan fingerprint density at radius 2 is 1.87 bits per heavy atom. The maximum absolute atomic E-state index is 6.28. The van der Waals surface area contributed by atoms with Gasteiger partial charge in [0.2, 0.25) is 0 Å². The molecule has 1 fully saturated rings. The van der Waals surface area contributed by atoms with Crippen molar-refractivity contribution in [2.24, 2.45) is 4.99 Å². The number of hydrogen-bond donors (Lipinski definition) is 2. The zero-order valence-corrected chi connectivity index (χ0v) is 21.2. The number of rotatable bonds is 8. The average molecular weight is 539 g/mol. The van der Waals surface area contributed by atoms with Gasteiger partial charge in [-0.2, -0.15) is 0 Å². The van der Waals surface area contributed by atoms with Gasteiger partial charge >= 0.3 is 0 Å². The van der Waals surface area contributed by atoms with Gasteiger partial charge in [0, 0.05) is 39.3 Å². The fourth-order valence-corrected chi connectivity index (χ4v) is 3.49. The van der Waals surface area contributed by atoms with Crippen LogP contribution in [0.15, 0.2) is 41.4 Å². The Balaban J connectivity index is 0.00000341. The van der Waals surface area contributed by atoms with Crippen LogP contribution in [-0.4, -0.2) is 45.3 Å². The highest BCUT2D eigenvalue weighted by Crippen LogP contribution is 2.30. The van der Waals surface area contributed by atoms with Gasteiger partial charge in [-0.25, -0.2) is 4.98 Å². The van der Waals surface area contributed by atoms with E-state index in [1.165, 1.54) is 12.8 Å². The summed E-state index contributed by atoms with van der Waals surface area (Å²) in [6.45, 7) is 1.20. The van der Waals surface area contributed by atoms with Crippen molar-refractivity contribution in [3.8, 4) is 11.5 Å². The number of benzene rings is 1. The number of hydrogen-bond acceptors (Lipinski definition) is 5. The molecule has 0 aliphatic heterocycles. The summed E-state index contributed by atoms with van der Waals surface area (Å²) in [6, 6.07) is 12.0. The minimum absolute atomic E-state index is 0. The van der Waals surface area contributed by atoms with Gasteiger partial charge < -0.3 is 25.0 Å². The zero-order chi connectivity index (χ0) is 21.3. The predicted molar refractivity (Wildman–Crippen MR) is 137 cm³/mol. The normalized spacial score (nSPS) is 14.0. The number of pyridine rings is 1. The monoisotopic (exact) mass is 539 g/mol. The van der Waals surface area contributed by atoms with E-state index in [1.807, 2.05) is 55.4 Å². The first-order chi connectivity index (χ1) is 14.6. The predicted octanol–water partition coefficient (Wildman–Crippen LogP) is 3.96. The summed E-state index contributed by atoms with van der Waals surface area (Å²) >= 11 is 0. The summed E-state index contributed by atoms with van der Waals surface area (Å²) < 4.78 is 11.7. The number of methoxy groups -OCH3 is 1. The van der Waals surface area contributed by atoms with Gasteiger partial charge in [-0.3, -0.25) is 4.99 Å². The van der Waals surface area contributed by atoms with E-state index in [0.29, 0.717) is 19.2 Å². The molecule has 0 bridgehead atoms. The van der Waals surface area contributed by atoms with Crippen molar-refractivity contribution in [2.45, 2.75) is 44.9 Å². The maximum atomic E-state index is 6.28. The lowest BCUT2D eigenvalue weighted by molar-refractivity contribution is 0.207. The fraction of sp³-hybridized carbons (Fsp3) is 0.478. The molecule has 0 radical (unpaired) electrons. The van der Waals surface area contributed by atoms with E-state index >= 15 is 0 Å². The second-order valence-electron chi connectivity index (χ2n) is 7.66. The maximum Gasteiger partial charge on any atom is 0.191 e. The molecule has 8 heteroatoms. The largest absolute Gasteiger partial charge is 0.497 e. The summed E-state index contributed by atoms with van der Waals surface area (Å²) in [5, 5.41) is 6.71. The van der Waals surface area contributed by atoms with Crippen LogP contribution in [-0.2, 0) is 13.1 Å². The fourth-order valence-electron chi connectivity index (χ4n) is 3.49. The van der Waals surface area contributed by atoms with E-state index in [9.17, 15) is 0 Å². The lowest BCUT2D eigenvalue weighted by Gasteiger charge is -2.19. The summed E-state index contributed by atoms with van der Waals surface area (Å²) in [7, 11) is 7.42. The number of nitrogens with zero attached hydrogens (tertiary/aromatic N) is 3. The van der Waals surface area contributed by atoms with Crippen molar-refractivity contribution in [1.29, 1.82) is 0 Å². The van der Waals surface area contributed by atoms with Crippen LogP contribution in [0.1, 0.15) is 36.9 Å². The second kappa shape index (κ2) is 12.6. The molecule has 2 aromatic rings. The van der Waals surface area contributed by atoms with E-state index in [0.717, 1.165) is 47.4 Å². The highest BCUT2D eigenvalue weighted by Gasteiger charge is 2.18. The molecule has 0 spiro atoms. The first kappa shape index (κ1) is 25.0. The van der Waals surface area contributed by atoms with Gasteiger partial charge in [-0.05, 0) is 49.9 Å². The quantitative estimate of drug-likeness (QED) is 0.301. The second-order valence-corrected chi connectivity index (χ2v) is 7.66. The molecule has 0 unspecified atom stereocenters. The number of nitrogens with one attached hydrogen (secondary N) is 2. The van der Waals surface area contributed by atoms with Crippen molar-refractivity contribution in [1.82, 2.24) is 15.6 Å². The molecule has 1 aliphatic rings. The van der Waals surface area contributed by atoms with E-state index in [1.54, 1.807) is 14.2 Å². The number of guanidine groups is 1. The van der Waals surface area contributed by atoms with Crippen LogP contribution in [0.25, 0.3) is 0 Å². The van der Waals surface area contributed by atoms with Gasteiger partial charge in [-0.15, -0.1) is 24.0 Å². The molecule has 1 saturated carbocycles. The van der Waals surface area contributed by atoms with Crippen molar-refractivity contribution in [3.05, 3.63) is 47.7 Å². The van der Waals surface area contributed by atoms with Gasteiger partial charge in [0.05, 0.1) is 25.5 Å². The van der Waals surface area contributed by atoms with Crippen LogP contribution >= 0.6 is 24.0 Å². The molecule has 170 valence electrons. The molecule has 1 heterocycles. The van der Waals surface area contributed by atoms with Crippen molar-refractivity contribution >= 4 is 35.8 Å². The van der Waals surface area contributed by atoms with E-state index in [-0.39, 0.29) is 24.0 Å². The number of aliphatic imine (C=N–C) groups is 1. The molecule has 1 aliphatic carbocycles. The molecule has 0 amide bonds. The smallest absolute Gasteiger partial charge is 0.191 e. The summed E-state index contributed by atoms with van der Waals surface area (Å²) in [6.07, 6.45) is 5.01. The Kier molecular flexibility index (Phi) is 10.2. The highest BCUT2D eigenvalue weighted by atomic mass is 127. The number of anilines is 1. The molecule has 0 saturated heterocycles. The van der Waals surface area contributed by atoms with Crippen LogP contribution in [0.4, 0.5) is 5.82 Å². The van der Waals surface area contributed by atoms with Gasteiger partial charge in [0.25, 0.3) is 0 Å². The third-order valence-electron chi connectivity index (χ3n) is 5.23. The van der Waals surface area contributed by atoms with Gasteiger partial charge in [0.1, 0.15) is 17.3 Å². The molecule has 0 atom stereocenters. The van der Waals surface area contributed by atoms with Crippen LogP contribution in [0.3, 0.4) is 0 Å². The topological polar surface area (TPSA) is 71.0 Å². The van der Waals surface area contributed by atoms with Gasteiger partial charge in [-0.1, -0.05) is 6.07 Å². The third-order valence-corrected chi connectivity index (χ3v) is 5.23. The molecule has 3 rings (SSSR count). The molecule has 2 N–H and O–H groups in total. The summed E-state index contributed by atoms with van der Waals surface area (Å²) in [5.41, 5.74) is 2.04. The van der Waals surface area contributed by atoms with Crippen LogP contribution in [0.5, 0.6) is 11.5 Å². The Morgan fingerprint density at radius 3 is 2.55 bits per heavy atom. The minimum Gasteiger partial charge on any atom is -0.497 e. The minimum atomic E-state index is 0. The average Bonchev–Trinajstić information content (AvgIpc) is 3.27. The molecule has 7 nitrogen and oxygen atoms in total. The first-order valence-electron chi connectivity index (χ1n) is 10.5. The standard InChI is InChI=1S/C23H33N5O2.HI/c1-24-23(26-16-18-8-7-11-22(27-18)28(2)3)25-15-17-12-13-20(29-4)14-21(17)30-19-9-5-6-10-19;/h7-8,11-14,19H,5-6,9-10,15-16H2,1-4H3,(H2,24,25,26);1H. The Labute approximate surface area is 202 Å². The Bertz CT molecular complexity index is 854. The molecular weight excluding hydrogens is 505 g/mol. The van der Waals surface area contributed by atoms with Crippen LogP contribution in [0, 0.1) is 0 Å². The van der Waals surface area contributed by atoms with Crippen LogP contribution < -0.4 is 25.0 Å². The lowest BCUT2D eigenvalue weighted by Crippen LogP contribution is -2.36. The number of halogens is 1. The SMILES string of the molecule is CN=C(NCc1cccc(N(C)C)n1)NCc1ccc(OC)cc1OC1CCCC1.I. The number of aromatic nitrogens is 1. The number of ether oxygens (including phenoxy) is 2.